The number of benzene rings is 2. The Morgan fingerprint density at radius 2 is 2.03 bits per heavy atom. The van der Waals surface area contributed by atoms with Gasteiger partial charge in [-0.1, -0.05) is 0 Å². The Hall–Kier alpha value is -2.71. The number of fused-ring (bicyclic) bond motifs is 1. The third-order valence-electron chi connectivity index (χ3n) is 5.79. The predicted molar refractivity (Wildman–Crippen MR) is 125 cm³/mol. The van der Waals surface area contributed by atoms with Crippen molar-refractivity contribution < 1.29 is 18.7 Å². The number of nitrogens with one attached hydrogen (secondary N) is 1. The summed E-state index contributed by atoms with van der Waals surface area (Å²) in [5.41, 5.74) is 1.45. The van der Waals surface area contributed by atoms with Crippen molar-refractivity contribution >= 4 is 34.0 Å². The first kappa shape index (κ1) is 22.5. The molecule has 1 aliphatic heterocycles. The van der Waals surface area contributed by atoms with Crippen molar-refractivity contribution in [3.8, 4) is 11.5 Å². The molecule has 0 bridgehead atoms. The largest absolute Gasteiger partial charge is 0.493 e. The molecule has 1 aliphatic rings. The van der Waals surface area contributed by atoms with Crippen LogP contribution in [0.5, 0.6) is 11.5 Å². The monoisotopic (exact) mass is 457 g/mol. The van der Waals surface area contributed by atoms with Gasteiger partial charge in [0, 0.05) is 41.6 Å². The summed E-state index contributed by atoms with van der Waals surface area (Å²) < 4.78 is 29.2. The second-order valence-corrected chi connectivity index (χ2v) is 8.88. The number of nitrogens with zero attached hydrogens (tertiary/aromatic N) is 2. The van der Waals surface area contributed by atoms with E-state index in [1.807, 2.05) is 6.07 Å². The number of hydrogen-bond acceptors (Lipinski definition) is 6. The number of aromatic nitrogens is 1. The van der Waals surface area contributed by atoms with Crippen LogP contribution < -0.4 is 14.8 Å². The molecule has 1 aromatic heterocycles. The molecular weight excluding hydrogens is 429 g/mol. The highest BCUT2D eigenvalue weighted by molar-refractivity contribution is 7.07. The van der Waals surface area contributed by atoms with E-state index >= 15 is 0 Å². The molecule has 0 saturated carbocycles. The van der Waals surface area contributed by atoms with E-state index in [2.05, 4.69) is 14.6 Å². The van der Waals surface area contributed by atoms with Gasteiger partial charge in [-0.15, -0.1) is 0 Å². The molecular formula is C24H28FN3O3S. The Balaban J connectivity index is 1.25. The zero-order chi connectivity index (χ0) is 22.5. The molecule has 2 aromatic carbocycles. The fourth-order valence-electron chi connectivity index (χ4n) is 4.19. The van der Waals surface area contributed by atoms with Crippen molar-refractivity contribution in [2.24, 2.45) is 0 Å². The summed E-state index contributed by atoms with van der Waals surface area (Å²) in [5, 5.41) is 3.86. The Morgan fingerprint density at radius 1 is 1.22 bits per heavy atom. The van der Waals surface area contributed by atoms with Gasteiger partial charge in [0.25, 0.3) is 0 Å². The quantitative estimate of drug-likeness (QED) is 0.480. The van der Waals surface area contributed by atoms with Crippen LogP contribution in [-0.2, 0) is 4.79 Å². The predicted octanol–water partition coefficient (Wildman–Crippen LogP) is 5.05. The van der Waals surface area contributed by atoms with E-state index in [0.717, 1.165) is 49.8 Å². The standard InChI is InChI=1S/C24H28FN3O3S/c1-16(29)26-19-5-7-22(30-2)23(15-19)31-13-3-10-28-11-8-17(9-12-28)24-20-6-4-18(25)14-21(20)27-32-24/h4-7,14-15,17H,3,8-13H2,1-2H3,(H,26,29). The second-order valence-electron chi connectivity index (χ2n) is 8.07. The molecule has 1 N–H and O–H groups in total. The summed E-state index contributed by atoms with van der Waals surface area (Å²) >= 11 is 1.51. The molecule has 0 radical (unpaired) electrons. The van der Waals surface area contributed by atoms with Crippen LogP contribution in [0.25, 0.3) is 10.9 Å². The lowest BCUT2D eigenvalue weighted by Gasteiger charge is -2.31. The van der Waals surface area contributed by atoms with Gasteiger partial charge in [0.1, 0.15) is 5.82 Å². The molecule has 0 unspecified atom stereocenters. The maximum atomic E-state index is 13.4. The van der Waals surface area contributed by atoms with Gasteiger partial charge in [0.05, 0.1) is 19.2 Å². The molecule has 170 valence electrons. The highest BCUT2D eigenvalue weighted by atomic mass is 32.1. The third kappa shape index (κ3) is 5.37. The number of methoxy groups -OCH3 is 1. The maximum absolute atomic E-state index is 13.4. The number of likely N-dealkylation sites (tertiary alicyclic amines) is 1. The van der Waals surface area contributed by atoms with E-state index in [1.54, 1.807) is 25.3 Å². The maximum Gasteiger partial charge on any atom is 0.221 e. The smallest absolute Gasteiger partial charge is 0.221 e. The summed E-state index contributed by atoms with van der Waals surface area (Å²) in [6.07, 6.45) is 3.07. The van der Waals surface area contributed by atoms with Crippen molar-refractivity contribution in [1.29, 1.82) is 0 Å². The van der Waals surface area contributed by atoms with Gasteiger partial charge in [0.15, 0.2) is 11.5 Å². The van der Waals surface area contributed by atoms with Crippen LogP contribution in [0.4, 0.5) is 10.1 Å². The summed E-state index contributed by atoms with van der Waals surface area (Å²) in [5.74, 6) is 1.42. The van der Waals surface area contributed by atoms with Crippen molar-refractivity contribution in [3.05, 3.63) is 47.1 Å². The fraction of sp³-hybridized carbons (Fsp3) is 0.417. The molecule has 0 atom stereocenters. The minimum atomic E-state index is -0.231. The van der Waals surface area contributed by atoms with Gasteiger partial charge in [-0.05, 0) is 74.1 Å². The number of anilines is 1. The van der Waals surface area contributed by atoms with Crippen molar-refractivity contribution in [3.63, 3.8) is 0 Å². The Labute approximate surface area is 191 Å². The number of carbonyl (C=O) groups excluding carboxylic acids is 1. The van der Waals surface area contributed by atoms with Crippen LogP contribution in [-0.4, -0.2) is 48.5 Å². The number of carbonyl (C=O) groups is 1. The van der Waals surface area contributed by atoms with E-state index in [9.17, 15) is 9.18 Å². The van der Waals surface area contributed by atoms with Gasteiger partial charge in [-0.25, -0.2) is 4.39 Å². The topological polar surface area (TPSA) is 63.7 Å². The van der Waals surface area contributed by atoms with Crippen LogP contribution >= 0.6 is 11.5 Å². The SMILES string of the molecule is COc1ccc(NC(C)=O)cc1OCCCN1CCC(c2snc3cc(F)ccc23)CC1. The lowest BCUT2D eigenvalue weighted by Crippen LogP contribution is -2.34. The van der Waals surface area contributed by atoms with Gasteiger partial charge in [0.2, 0.25) is 5.91 Å². The molecule has 1 saturated heterocycles. The molecule has 3 aromatic rings. The molecule has 1 fully saturated rings. The van der Waals surface area contributed by atoms with Crippen molar-refractivity contribution in [2.75, 3.05) is 38.7 Å². The summed E-state index contributed by atoms with van der Waals surface area (Å²) in [6, 6.07) is 10.3. The van der Waals surface area contributed by atoms with Crippen LogP contribution in [0, 0.1) is 5.82 Å². The molecule has 0 aliphatic carbocycles. The van der Waals surface area contributed by atoms with E-state index in [1.165, 1.54) is 35.5 Å². The minimum Gasteiger partial charge on any atom is -0.493 e. The van der Waals surface area contributed by atoms with E-state index < -0.39 is 0 Å². The number of halogens is 1. The lowest BCUT2D eigenvalue weighted by molar-refractivity contribution is -0.114. The number of amides is 1. The average Bonchev–Trinajstić information content (AvgIpc) is 3.20. The van der Waals surface area contributed by atoms with Crippen molar-refractivity contribution in [1.82, 2.24) is 9.27 Å². The molecule has 4 rings (SSSR count). The highest BCUT2D eigenvalue weighted by Gasteiger charge is 2.23. The summed E-state index contributed by atoms with van der Waals surface area (Å²) in [6.45, 7) is 5.09. The van der Waals surface area contributed by atoms with Gasteiger partial charge in [-0.2, -0.15) is 4.37 Å². The lowest BCUT2D eigenvalue weighted by atomic mass is 9.93. The molecule has 32 heavy (non-hydrogen) atoms. The molecule has 1 amide bonds. The Morgan fingerprint density at radius 3 is 2.78 bits per heavy atom. The van der Waals surface area contributed by atoms with Crippen LogP contribution in [0.3, 0.4) is 0 Å². The number of hydrogen-bond donors (Lipinski definition) is 1. The zero-order valence-corrected chi connectivity index (χ0v) is 19.2. The van der Waals surface area contributed by atoms with Crippen LogP contribution in [0.15, 0.2) is 36.4 Å². The first-order valence-electron chi connectivity index (χ1n) is 10.9. The van der Waals surface area contributed by atoms with Crippen LogP contribution in [0.2, 0.25) is 0 Å². The fourth-order valence-corrected chi connectivity index (χ4v) is 5.19. The minimum absolute atomic E-state index is 0.122. The highest BCUT2D eigenvalue weighted by Crippen LogP contribution is 2.36. The van der Waals surface area contributed by atoms with Gasteiger partial charge in [-0.3, -0.25) is 4.79 Å². The Bertz CT molecular complexity index is 1080. The third-order valence-corrected chi connectivity index (χ3v) is 6.82. The average molecular weight is 458 g/mol. The Kier molecular flexibility index (Phi) is 7.22. The van der Waals surface area contributed by atoms with E-state index in [-0.39, 0.29) is 11.7 Å². The first-order valence-corrected chi connectivity index (χ1v) is 11.7. The number of piperidine rings is 1. The van der Waals surface area contributed by atoms with Crippen molar-refractivity contribution in [2.45, 2.75) is 32.1 Å². The molecule has 0 spiro atoms. The molecule has 6 nitrogen and oxygen atoms in total. The zero-order valence-electron chi connectivity index (χ0n) is 18.4. The summed E-state index contributed by atoms with van der Waals surface area (Å²) in [7, 11) is 1.60. The number of ether oxygens (including phenoxy) is 2. The molecule has 8 heteroatoms. The second kappa shape index (κ2) is 10.3. The first-order chi connectivity index (χ1) is 15.5. The normalized spacial score (nSPS) is 15.1. The van der Waals surface area contributed by atoms with Gasteiger partial charge < -0.3 is 19.7 Å². The van der Waals surface area contributed by atoms with Crippen LogP contribution in [0.1, 0.15) is 37.0 Å². The van der Waals surface area contributed by atoms with Gasteiger partial charge >= 0.3 is 0 Å². The number of rotatable bonds is 8. The van der Waals surface area contributed by atoms with E-state index in [4.69, 9.17) is 9.47 Å². The van der Waals surface area contributed by atoms with E-state index in [0.29, 0.717) is 29.7 Å². The summed E-state index contributed by atoms with van der Waals surface area (Å²) in [4.78, 5) is 15.0. The molecule has 2 heterocycles.